The molecule has 9 heteroatoms. The Morgan fingerprint density at radius 2 is 1.10 bits per heavy atom. The molecule has 1 saturated heterocycles. The molecule has 9 nitrogen and oxygen atoms in total. The second kappa shape index (κ2) is 33.7. The summed E-state index contributed by atoms with van der Waals surface area (Å²) in [7, 11) is 0. The highest BCUT2D eigenvalue weighted by Gasteiger charge is 2.44. The van der Waals surface area contributed by atoms with Gasteiger partial charge in [0.2, 0.25) is 0 Å². The summed E-state index contributed by atoms with van der Waals surface area (Å²) in [6.07, 6.45) is 28.0. The first kappa shape index (κ1) is 47.0. The predicted octanol–water partition coefficient (Wildman–Crippen LogP) is 8.47. The molecule has 6 unspecified atom stereocenters. The van der Waals surface area contributed by atoms with Crippen LogP contribution in [-0.2, 0) is 23.7 Å². The zero-order valence-electron chi connectivity index (χ0n) is 32.2. The molecule has 0 bridgehead atoms. The van der Waals surface area contributed by atoms with Gasteiger partial charge in [-0.25, -0.2) is 0 Å². The number of hydrogen-bond donors (Lipinski definition) is 4. The SMILES string of the molecule is CCCCCC/C=C\CCCCCCCCOCC(COC1OC(CO)C(O)C(O)C1O)OC(=O)CCCCCCCCCCCCCCC. The van der Waals surface area contributed by atoms with Crippen molar-refractivity contribution in [1.82, 2.24) is 0 Å². The van der Waals surface area contributed by atoms with Crippen LogP contribution in [0, 0.1) is 0 Å². The van der Waals surface area contributed by atoms with E-state index in [0.717, 1.165) is 32.1 Å². The molecule has 0 aromatic heterocycles. The van der Waals surface area contributed by atoms with Gasteiger partial charge in [0.05, 0.1) is 19.8 Å². The van der Waals surface area contributed by atoms with Gasteiger partial charge in [-0.1, -0.05) is 148 Å². The van der Waals surface area contributed by atoms with E-state index in [-0.39, 0.29) is 19.2 Å². The van der Waals surface area contributed by atoms with Gasteiger partial charge in [-0.3, -0.25) is 4.79 Å². The minimum absolute atomic E-state index is 0.111. The molecule has 0 aromatic carbocycles. The smallest absolute Gasteiger partial charge is 0.306 e. The van der Waals surface area contributed by atoms with Crippen molar-refractivity contribution in [3.8, 4) is 0 Å². The summed E-state index contributed by atoms with van der Waals surface area (Å²) >= 11 is 0. The summed E-state index contributed by atoms with van der Waals surface area (Å²) in [6.45, 7) is 4.54. The minimum Gasteiger partial charge on any atom is -0.457 e. The van der Waals surface area contributed by atoms with Gasteiger partial charge in [0.15, 0.2) is 6.29 Å². The van der Waals surface area contributed by atoms with Gasteiger partial charge < -0.3 is 39.4 Å². The van der Waals surface area contributed by atoms with Crippen molar-refractivity contribution in [2.75, 3.05) is 26.4 Å². The number of carbonyl (C=O) groups is 1. The lowest BCUT2D eigenvalue weighted by molar-refractivity contribution is -0.305. The van der Waals surface area contributed by atoms with Crippen LogP contribution in [0.15, 0.2) is 12.2 Å². The van der Waals surface area contributed by atoms with Crippen molar-refractivity contribution in [3.63, 3.8) is 0 Å². The van der Waals surface area contributed by atoms with E-state index >= 15 is 0 Å². The number of hydrogen-bond acceptors (Lipinski definition) is 9. The molecule has 296 valence electrons. The van der Waals surface area contributed by atoms with Crippen LogP contribution in [0.2, 0.25) is 0 Å². The lowest BCUT2D eigenvalue weighted by Gasteiger charge is -2.39. The van der Waals surface area contributed by atoms with Crippen LogP contribution in [0.1, 0.15) is 181 Å². The van der Waals surface area contributed by atoms with Crippen molar-refractivity contribution in [1.29, 1.82) is 0 Å². The van der Waals surface area contributed by atoms with E-state index in [1.165, 1.54) is 128 Å². The van der Waals surface area contributed by atoms with Crippen LogP contribution >= 0.6 is 0 Å². The Balaban J connectivity index is 2.30. The van der Waals surface area contributed by atoms with Crippen LogP contribution in [-0.4, -0.2) is 89.6 Å². The number of aliphatic hydroxyl groups is 4. The topological polar surface area (TPSA) is 135 Å². The van der Waals surface area contributed by atoms with Crippen molar-refractivity contribution < 1.29 is 44.2 Å². The first-order valence-electron chi connectivity index (χ1n) is 20.8. The van der Waals surface area contributed by atoms with Gasteiger partial charge in [0, 0.05) is 13.0 Å². The lowest BCUT2D eigenvalue weighted by atomic mass is 9.99. The number of aliphatic hydroxyl groups excluding tert-OH is 4. The molecule has 6 atom stereocenters. The van der Waals surface area contributed by atoms with Crippen molar-refractivity contribution >= 4 is 5.97 Å². The maximum atomic E-state index is 12.7. The first-order valence-corrected chi connectivity index (χ1v) is 20.8. The molecule has 0 radical (unpaired) electrons. The van der Waals surface area contributed by atoms with Crippen LogP contribution in [0.3, 0.4) is 0 Å². The number of carbonyl (C=O) groups excluding carboxylic acids is 1. The van der Waals surface area contributed by atoms with Crippen molar-refractivity contribution in [3.05, 3.63) is 12.2 Å². The third-order valence-electron chi connectivity index (χ3n) is 9.68. The number of rotatable bonds is 35. The van der Waals surface area contributed by atoms with Crippen LogP contribution < -0.4 is 0 Å². The molecule has 1 rings (SSSR count). The molecule has 0 amide bonds. The Morgan fingerprint density at radius 3 is 1.64 bits per heavy atom. The van der Waals surface area contributed by atoms with E-state index in [1.54, 1.807) is 0 Å². The van der Waals surface area contributed by atoms with Gasteiger partial charge in [-0.2, -0.15) is 0 Å². The van der Waals surface area contributed by atoms with Gasteiger partial charge >= 0.3 is 5.97 Å². The molecular formula is C41H78O9. The van der Waals surface area contributed by atoms with Gasteiger partial charge in [0.25, 0.3) is 0 Å². The highest BCUT2D eigenvalue weighted by Crippen LogP contribution is 2.22. The second-order valence-corrected chi connectivity index (χ2v) is 14.4. The van der Waals surface area contributed by atoms with Crippen LogP contribution in [0.5, 0.6) is 0 Å². The average molecular weight is 715 g/mol. The molecule has 4 N–H and O–H groups in total. The summed E-state index contributed by atoms with van der Waals surface area (Å²) in [5, 5.41) is 40.0. The molecule has 0 aliphatic carbocycles. The Hall–Kier alpha value is -1.07. The molecule has 1 fully saturated rings. The molecule has 1 aliphatic rings. The number of esters is 1. The monoisotopic (exact) mass is 715 g/mol. The fourth-order valence-corrected chi connectivity index (χ4v) is 6.37. The first-order chi connectivity index (χ1) is 24.4. The number of allylic oxidation sites excluding steroid dienone is 2. The molecular weight excluding hydrogens is 636 g/mol. The maximum absolute atomic E-state index is 12.7. The third-order valence-corrected chi connectivity index (χ3v) is 9.68. The lowest BCUT2D eigenvalue weighted by Crippen LogP contribution is -2.59. The van der Waals surface area contributed by atoms with E-state index in [4.69, 9.17) is 18.9 Å². The normalized spacial score (nSPS) is 21.6. The summed E-state index contributed by atoms with van der Waals surface area (Å²) in [5.41, 5.74) is 0. The molecule has 0 spiro atoms. The van der Waals surface area contributed by atoms with Gasteiger partial charge in [0.1, 0.15) is 30.5 Å². The van der Waals surface area contributed by atoms with Crippen LogP contribution in [0.25, 0.3) is 0 Å². The zero-order chi connectivity index (χ0) is 36.5. The summed E-state index contributed by atoms with van der Waals surface area (Å²) in [4.78, 5) is 12.7. The maximum Gasteiger partial charge on any atom is 0.306 e. The van der Waals surface area contributed by atoms with E-state index in [0.29, 0.717) is 13.0 Å². The predicted molar refractivity (Wildman–Crippen MR) is 201 cm³/mol. The van der Waals surface area contributed by atoms with Crippen molar-refractivity contribution in [2.24, 2.45) is 0 Å². The minimum atomic E-state index is -1.53. The molecule has 50 heavy (non-hydrogen) atoms. The fraction of sp³-hybridized carbons (Fsp3) is 0.927. The standard InChI is InChI=1S/C41H78O9/c1-3-5-7-9-11-13-15-17-19-21-23-25-27-29-31-47-33-35(34-48-41-40(46)39(45)38(44)36(32-42)50-41)49-37(43)30-28-26-24-22-20-18-16-14-12-10-8-6-4-2/h13,15,35-36,38-42,44-46H,3-12,14,16-34H2,1-2H3/b15-13-. The molecule has 0 saturated carbocycles. The quantitative estimate of drug-likeness (QED) is 0.0290. The van der Waals surface area contributed by atoms with Crippen molar-refractivity contribution in [2.45, 2.75) is 218 Å². The Morgan fingerprint density at radius 1 is 0.620 bits per heavy atom. The largest absolute Gasteiger partial charge is 0.457 e. The zero-order valence-corrected chi connectivity index (χ0v) is 32.2. The highest BCUT2D eigenvalue weighted by atomic mass is 16.7. The van der Waals surface area contributed by atoms with E-state index in [1.807, 2.05) is 0 Å². The average Bonchev–Trinajstić information content (AvgIpc) is 3.11. The Bertz CT molecular complexity index is 777. The molecule has 0 aromatic rings. The van der Waals surface area contributed by atoms with E-state index < -0.39 is 43.4 Å². The summed E-state index contributed by atoms with van der Waals surface area (Å²) in [5.74, 6) is -0.314. The summed E-state index contributed by atoms with van der Waals surface area (Å²) in [6, 6.07) is 0. The summed E-state index contributed by atoms with van der Waals surface area (Å²) < 4.78 is 22.7. The fourth-order valence-electron chi connectivity index (χ4n) is 6.37. The van der Waals surface area contributed by atoms with Crippen LogP contribution in [0.4, 0.5) is 0 Å². The van der Waals surface area contributed by atoms with E-state index in [9.17, 15) is 25.2 Å². The highest BCUT2D eigenvalue weighted by molar-refractivity contribution is 5.69. The van der Waals surface area contributed by atoms with Gasteiger partial charge in [-0.05, 0) is 38.5 Å². The Kier molecular flexibility index (Phi) is 31.7. The molecule has 1 heterocycles. The van der Waals surface area contributed by atoms with Gasteiger partial charge in [-0.15, -0.1) is 0 Å². The van der Waals surface area contributed by atoms with E-state index in [2.05, 4.69) is 26.0 Å². The molecule has 1 aliphatic heterocycles. The number of ether oxygens (including phenoxy) is 4. The Labute approximate surface area is 305 Å². The second-order valence-electron chi connectivity index (χ2n) is 14.4. The number of unbranched alkanes of at least 4 members (excludes halogenated alkanes) is 22. The third kappa shape index (κ3) is 25.0.